The maximum absolute atomic E-state index is 13.5. The van der Waals surface area contributed by atoms with E-state index >= 15 is 0 Å². The molecule has 0 aliphatic carbocycles. The molecule has 0 saturated heterocycles. The molecule has 0 bridgehead atoms. The molecule has 24 heavy (non-hydrogen) atoms. The number of hydrogen-bond acceptors (Lipinski definition) is 3. The van der Waals surface area contributed by atoms with Gasteiger partial charge in [-0.3, -0.25) is 0 Å². The number of carbonyl (C=O) groups excluding carboxylic acids is 1. The lowest BCUT2D eigenvalue weighted by Gasteiger charge is -2.17. The third kappa shape index (κ3) is 3.98. The van der Waals surface area contributed by atoms with Crippen LogP contribution < -0.4 is 16.0 Å². The maximum atomic E-state index is 13.5. The Morgan fingerprint density at radius 3 is 3.00 bits per heavy atom. The van der Waals surface area contributed by atoms with E-state index in [1.54, 1.807) is 0 Å². The number of aryl methyl sites for hydroxylation is 1. The Labute approximate surface area is 138 Å². The molecule has 7 heteroatoms. The number of pyridine rings is 1. The van der Waals surface area contributed by atoms with Crippen LogP contribution in [0.1, 0.15) is 17.7 Å². The van der Waals surface area contributed by atoms with E-state index in [-0.39, 0.29) is 5.69 Å². The van der Waals surface area contributed by atoms with E-state index in [1.807, 2.05) is 12.1 Å². The standard InChI is InChI=1S/C17H18F2N4O/c18-12-4-6-14(19)15(10-12)23-17(24)21-9-7-13-5-3-11-2-1-8-20-16(11)22-13/h3-6,10H,1-2,7-9H2,(H,20,22)(H2,21,23,24). The summed E-state index contributed by atoms with van der Waals surface area (Å²) in [6.45, 7) is 1.26. The summed E-state index contributed by atoms with van der Waals surface area (Å²) in [5.41, 5.74) is 1.88. The average molecular weight is 332 g/mol. The van der Waals surface area contributed by atoms with E-state index in [1.165, 1.54) is 5.56 Å². The zero-order valence-corrected chi connectivity index (χ0v) is 13.0. The molecule has 0 atom stereocenters. The van der Waals surface area contributed by atoms with Gasteiger partial charge in [-0.2, -0.15) is 0 Å². The van der Waals surface area contributed by atoms with Gasteiger partial charge in [0.2, 0.25) is 0 Å². The summed E-state index contributed by atoms with van der Waals surface area (Å²) in [4.78, 5) is 16.3. The minimum absolute atomic E-state index is 0.191. The first kappa shape index (κ1) is 16.2. The van der Waals surface area contributed by atoms with Gasteiger partial charge in [-0.25, -0.2) is 18.6 Å². The number of halogens is 2. The largest absolute Gasteiger partial charge is 0.370 e. The molecule has 0 spiro atoms. The van der Waals surface area contributed by atoms with Crippen LogP contribution in [0.15, 0.2) is 30.3 Å². The Morgan fingerprint density at radius 1 is 1.25 bits per heavy atom. The summed E-state index contributed by atoms with van der Waals surface area (Å²) in [7, 11) is 0. The number of anilines is 2. The molecule has 0 fully saturated rings. The van der Waals surface area contributed by atoms with Crippen molar-refractivity contribution in [2.75, 3.05) is 23.7 Å². The molecular weight excluding hydrogens is 314 g/mol. The van der Waals surface area contributed by atoms with Gasteiger partial charge in [-0.05, 0) is 36.6 Å². The molecule has 5 nitrogen and oxygen atoms in total. The van der Waals surface area contributed by atoms with Crippen molar-refractivity contribution in [3.63, 3.8) is 0 Å². The molecule has 0 radical (unpaired) electrons. The van der Waals surface area contributed by atoms with Crippen molar-refractivity contribution in [3.8, 4) is 0 Å². The van der Waals surface area contributed by atoms with Crippen LogP contribution in [0.25, 0.3) is 0 Å². The van der Waals surface area contributed by atoms with Crippen LogP contribution >= 0.6 is 0 Å². The van der Waals surface area contributed by atoms with E-state index in [9.17, 15) is 13.6 Å². The number of hydrogen-bond donors (Lipinski definition) is 3. The molecule has 1 aliphatic heterocycles. The van der Waals surface area contributed by atoms with Crippen molar-refractivity contribution < 1.29 is 13.6 Å². The van der Waals surface area contributed by atoms with Crippen molar-refractivity contribution in [2.45, 2.75) is 19.3 Å². The average Bonchev–Trinajstić information content (AvgIpc) is 2.58. The minimum atomic E-state index is -0.686. The monoisotopic (exact) mass is 332 g/mol. The Bertz CT molecular complexity index is 751. The molecule has 3 N–H and O–H groups in total. The third-order valence-electron chi connectivity index (χ3n) is 3.80. The third-order valence-corrected chi connectivity index (χ3v) is 3.80. The summed E-state index contributed by atoms with van der Waals surface area (Å²) in [5.74, 6) is -0.392. The van der Waals surface area contributed by atoms with Crippen molar-refractivity contribution >= 4 is 17.5 Å². The number of nitrogens with one attached hydrogen (secondary N) is 3. The maximum Gasteiger partial charge on any atom is 0.319 e. The van der Waals surface area contributed by atoms with Gasteiger partial charge < -0.3 is 16.0 Å². The Kier molecular flexibility index (Phi) is 4.88. The second-order valence-corrected chi connectivity index (χ2v) is 5.60. The van der Waals surface area contributed by atoms with Crippen LogP contribution in [-0.4, -0.2) is 24.1 Å². The molecule has 1 aromatic heterocycles. The fraction of sp³-hybridized carbons (Fsp3) is 0.294. The summed E-state index contributed by atoms with van der Waals surface area (Å²) < 4.78 is 26.5. The second-order valence-electron chi connectivity index (χ2n) is 5.60. The van der Waals surface area contributed by atoms with Gasteiger partial charge in [0.25, 0.3) is 0 Å². The lowest BCUT2D eigenvalue weighted by atomic mass is 10.1. The van der Waals surface area contributed by atoms with Crippen LogP contribution in [-0.2, 0) is 12.8 Å². The highest BCUT2D eigenvalue weighted by Gasteiger charge is 2.11. The molecule has 0 saturated carbocycles. The summed E-state index contributed by atoms with van der Waals surface area (Å²) in [5, 5.41) is 8.15. The zero-order chi connectivity index (χ0) is 16.9. The van der Waals surface area contributed by atoms with E-state index in [2.05, 4.69) is 20.9 Å². The summed E-state index contributed by atoms with van der Waals surface area (Å²) >= 11 is 0. The van der Waals surface area contributed by atoms with E-state index in [0.29, 0.717) is 13.0 Å². The number of fused-ring (bicyclic) bond motifs is 1. The number of benzene rings is 1. The molecule has 2 heterocycles. The molecule has 1 aromatic carbocycles. The minimum Gasteiger partial charge on any atom is -0.370 e. The van der Waals surface area contributed by atoms with Crippen LogP contribution in [0, 0.1) is 11.6 Å². The van der Waals surface area contributed by atoms with Crippen LogP contribution in [0.2, 0.25) is 0 Å². The Morgan fingerprint density at radius 2 is 2.12 bits per heavy atom. The van der Waals surface area contributed by atoms with Crippen LogP contribution in [0.4, 0.5) is 25.1 Å². The molecule has 2 aromatic rings. The second kappa shape index (κ2) is 7.25. The lowest BCUT2D eigenvalue weighted by molar-refractivity contribution is 0.252. The Balaban J connectivity index is 1.51. The number of aromatic nitrogens is 1. The zero-order valence-electron chi connectivity index (χ0n) is 13.0. The summed E-state index contributed by atoms with van der Waals surface area (Å²) in [6, 6.07) is 6.30. The molecular formula is C17H18F2N4O. The predicted octanol–water partition coefficient (Wildman–Crippen LogP) is 3.08. The first-order valence-electron chi connectivity index (χ1n) is 7.84. The number of amides is 2. The van der Waals surface area contributed by atoms with Crippen molar-refractivity contribution in [1.29, 1.82) is 0 Å². The SMILES string of the molecule is O=C(NCCc1ccc2c(n1)NCCC2)Nc1cc(F)ccc1F. The van der Waals surface area contributed by atoms with Crippen LogP contribution in [0.5, 0.6) is 0 Å². The Hall–Kier alpha value is -2.70. The van der Waals surface area contributed by atoms with Gasteiger partial charge in [-0.1, -0.05) is 6.07 Å². The van der Waals surface area contributed by atoms with Gasteiger partial charge in [0.1, 0.15) is 17.5 Å². The molecule has 1 aliphatic rings. The van der Waals surface area contributed by atoms with Crippen molar-refractivity contribution in [1.82, 2.24) is 10.3 Å². The van der Waals surface area contributed by atoms with Gasteiger partial charge in [0.05, 0.1) is 5.69 Å². The fourth-order valence-corrected chi connectivity index (χ4v) is 2.57. The molecule has 3 rings (SSSR count). The quantitative estimate of drug-likeness (QED) is 0.806. The number of carbonyl (C=O) groups is 1. The van der Waals surface area contributed by atoms with Gasteiger partial charge >= 0.3 is 6.03 Å². The number of nitrogens with zero attached hydrogens (tertiary/aromatic N) is 1. The summed E-state index contributed by atoms with van der Waals surface area (Å²) in [6.07, 6.45) is 2.68. The predicted molar refractivity (Wildman–Crippen MR) is 88.1 cm³/mol. The van der Waals surface area contributed by atoms with E-state index in [0.717, 1.165) is 49.1 Å². The fourth-order valence-electron chi connectivity index (χ4n) is 2.57. The van der Waals surface area contributed by atoms with Gasteiger partial charge in [0, 0.05) is 31.3 Å². The number of rotatable bonds is 4. The molecule has 0 unspecified atom stereocenters. The van der Waals surface area contributed by atoms with Gasteiger partial charge in [-0.15, -0.1) is 0 Å². The van der Waals surface area contributed by atoms with E-state index < -0.39 is 17.7 Å². The normalized spacial score (nSPS) is 12.9. The highest BCUT2D eigenvalue weighted by Crippen LogP contribution is 2.19. The smallest absolute Gasteiger partial charge is 0.319 e. The topological polar surface area (TPSA) is 66.0 Å². The first-order valence-corrected chi connectivity index (χ1v) is 7.84. The van der Waals surface area contributed by atoms with Crippen molar-refractivity contribution in [3.05, 3.63) is 53.2 Å². The molecule has 2 amide bonds. The van der Waals surface area contributed by atoms with Crippen molar-refractivity contribution in [2.24, 2.45) is 0 Å². The van der Waals surface area contributed by atoms with Gasteiger partial charge in [0.15, 0.2) is 0 Å². The highest BCUT2D eigenvalue weighted by molar-refractivity contribution is 5.89. The number of urea groups is 1. The van der Waals surface area contributed by atoms with Crippen LogP contribution in [0.3, 0.4) is 0 Å². The first-order chi connectivity index (χ1) is 11.6. The molecule has 126 valence electrons. The highest BCUT2D eigenvalue weighted by atomic mass is 19.1. The lowest BCUT2D eigenvalue weighted by Crippen LogP contribution is -2.31. The van der Waals surface area contributed by atoms with E-state index in [4.69, 9.17) is 0 Å².